The number of hydrogen-bond donors (Lipinski definition) is 1. The number of rotatable bonds is 3. The largest absolute Gasteiger partial charge is 0.497 e. The summed E-state index contributed by atoms with van der Waals surface area (Å²) in [6, 6.07) is 5.60. The SMILES string of the molecule is COc1ccc(F)c([C@@H](N)CC#N)c1. The molecule has 0 aliphatic heterocycles. The first kappa shape index (κ1) is 10.5. The molecule has 0 radical (unpaired) electrons. The normalized spacial score (nSPS) is 11.9. The highest BCUT2D eigenvalue weighted by atomic mass is 19.1. The van der Waals surface area contributed by atoms with Crippen molar-refractivity contribution in [1.29, 1.82) is 5.26 Å². The van der Waals surface area contributed by atoms with Crippen molar-refractivity contribution in [3.63, 3.8) is 0 Å². The Bertz CT molecular complexity index is 360. The Morgan fingerprint density at radius 3 is 2.93 bits per heavy atom. The van der Waals surface area contributed by atoms with E-state index >= 15 is 0 Å². The first-order chi connectivity index (χ1) is 6.69. The summed E-state index contributed by atoms with van der Waals surface area (Å²) in [6.45, 7) is 0. The van der Waals surface area contributed by atoms with Crippen LogP contribution < -0.4 is 10.5 Å². The summed E-state index contributed by atoms with van der Waals surface area (Å²) < 4.78 is 18.2. The van der Waals surface area contributed by atoms with Gasteiger partial charge in [-0.25, -0.2) is 4.39 Å². The monoisotopic (exact) mass is 194 g/mol. The molecule has 0 aromatic heterocycles. The summed E-state index contributed by atoms with van der Waals surface area (Å²) in [6.07, 6.45) is 0.0874. The van der Waals surface area contributed by atoms with Gasteiger partial charge in [-0.1, -0.05) is 0 Å². The number of methoxy groups -OCH3 is 1. The third-order valence-corrected chi connectivity index (χ3v) is 1.91. The molecule has 1 atom stereocenters. The second kappa shape index (κ2) is 4.58. The molecular formula is C10H11FN2O. The minimum Gasteiger partial charge on any atom is -0.497 e. The van der Waals surface area contributed by atoms with Gasteiger partial charge in [-0.3, -0.25) is 0 Å². The Hall–Kier alpha value is -1.60. The molecule has 0 aliphatic carbocycles. The van der Waals surface area contributed by atoms with E-state index in [2.05, 4.69) is 0 Å². The fourth-order valence-electron chi connectivity index (χ4n) is 1.14. The number of ether oxygens (including phenoxy) is 1. The van der Waals surface area contributed by atoms with Gasteiger partial charge in [0, 0.05) is 11.6 Å². The highest BCUT2D eigenvalue weighted by molar-refractivity contribution is 5.32. The van der Waals surface area contributed by atoms with Gasteiger partial charge in [-0.05, 0) is 18.2 Å². The van der Waals surface area contributed by atoms with Gasteiger partial charge in [-0.2, -0.15) is 5.26 Å². The predicted molar refractivity (Wildman–Crippen MR) is 50.1 cm³/mol. The molecule has 0 fully saturated rings. The second-order valence-electron chi connectivity index (χ2n) is 2.86. The van der Waals surface area contributed by atoms with Crippen LogP contribution in [0, 0.1) is 17.1 Å². The quantitative estimate of drug-likeness (QED) is 0.797. The van der Waals surface area contributed by atoms with Gasteiger partial charge in [0.25, 0.3) is 0 Å². The molecule has 1 rings (SSSR count). The highest BCUT2D eigenvalue weighted by Crippen LogP contribution is 2.22. The first-order valence-corrected chi connectivity index (χ1v) is 4.15. The Labute approximate surface area is 81.9 Å². The number of halogens is 1. The van der Waals surface area contributed by atoms with Gasteiger partial charge in [0.15, 0.2) is 0 Å². The zero-order valence-corrected chi connectivity index (χ0v) is 7.83. The summed E-state index contributed by atoms with van der Waals surface area (Å²) >= 11 is 0. The molecule has 0 spiro atoms. The van der Waals surface area contributed by atoms with Crippen LogP contribution in [0.25, 0.3) is 0 Å². The van der Waals surface area contributed by atoms with Crippen molar-refractivity contribution in [1.82, 2.24) is 0 Å². The lowest BCUT2D eigenvalue weighted by Crippen LogP contribution is -2.11. The topological polar surface area (TPSA) is 59.0 Å². The molecule has 0 saturated carbocycles. The molecule has 0 amide bonds. The number of nitriles is 1. The lowest BCUT2D eigenvalue weighted by Gasteiger charge is -2.10. The Morgan fingerprint density at radius 2 is 2.36 bits per heavy atom. The van der Waals surface area contributed by atoms with Crippen molar-refractivity contribution in [2.75, 3.05) is 7.11 Å². The van der Waals surface area contributed by atoms with E-state index in [0.717, 1.165) is 0 Å². The minimum absolute atomic E-state index is 0.0874. The molecule has 1 aromatic carbocycles. The van der Waals surface area contributed by atoms with Crippen LogP contribution in [0.15, 0.2) is 18.2 Å². The van der Waals surface area contributed by atoms with Crippen LogP contribution in [0.2, 0.25) is 0 Å². The molecular weight excluding hydrogens is 183 g/mol. The van der Waals surface area contributed by atoms with Gasteiger partial charge in [0.05, 0.1) is 19.6 Å². The van der Waals surface area contributed by atoms with Crippen LogP contribution in [0.3, 0.4) is 0 Å². The summed E-state index contributed by atoms with van der Waals surface area (Å²) in [5.41, 5.74) is 5.92. The Morgan fingerprint density at radius 1 is 1.64 bits per heavy atom. The zero-order valence-electron chi connectivity index (χ0n) is 7.83. The third-order valence-electron chi connectivity index (χ3n) is 1.91. The average Bonchev–Trinajstić information content (AvgIpc) is 2.19. The van der Waals surface area contributed by atoms with Crippen molar-refractivity contribution < 1.29 is 9.13 Å². The second-order valence-corrected chi connectivity index (χ2v) is 2.86. The third kappa shape index (κ3) is 2.21. The molecule has 1 aromatic rings. The minimum atomic E-state index is -0.602. The van der Waals surface area contributed by atoms with Gasteiger partial charge < -0.3 is 10.5 Å². The van der Waals surface area contributed by atoms with Crippen molar-refractivity contribution >= 4 is 0 Å². The first-order valence-electron chi connectivity index (χ1n) is 4.15. The molecule has 2 N–H and O–H groups in total. The van der Waals surface area contributed by atoms with Crippen LogP contribution in [-0.4, -0.2) is 7.11 Å². The number of hydrogen-bond acceptors (Lipinski definition) is 3. The lowest BCUT2D eigenvalue weighted by molar-refractivity contribution is 0.412. The maximum absolute atomic E-state index is 13.2. The average molecular weight is 194 g/mol. The van der Waals surface area contributed by atoms with Crippen LogP contribution in [0.5, 0.6) is 5.75 Å². The molecule has 0 bridgehead atoms. The molecule has 14 heavy (non-hydrogen) atoms. The van der Waals surface area contributed by atoms with Gasteiger partial charge in [0.1, 0.15) is 11.6 Å². The van der Waals surface area contributed by atoms with E-state index in [1.807, 2.05) is 6.07 Å². The molecule has 0 aliphatic rings. The molecule has 74 valence electrons. The number of nitrogens with zero attached hydrogens (tertiary/aromatic N) is 1. The summed E-state index contributed by atoms with van der Waals surface area (Å²) in [4.78, 5) is 0. The number of benzene rings is 1. The van der Waals surface area contributed by atoms with Crippen LogP contribution in [0.1, 0.15) is 18.0 Å². The van der Waals surface area contributed by atoms with Crippen LogP contribution in [0.4, 0.5) is 4.39 Å². The van der Waals surface area contributed by atoms with E-state index in [1.54, 1.807) is 0 Å². The van der Waals surface area contributed by atoms with Gasteiger partial charge >= 0.3 is 0 Å². The van der Waals surface area contributed by atoms with Crippen LogP contribution in [-0.2, 0) is 0 Å². The predicted octanol–water partition coefficient (Wildman–Crippen LogP) is 1.75. The van der Waals surface area contributed by atoms with Crippen molar-refractivity contribution in [2.45, 2.75) is 12.5 Å². The number of nitrogens with two attached hydrogens (primary N) is 1. The van der Waals surface area contributed by atoms with Crippen LogP contribution >= 0.6 is 0 Å². The summed E-state index contributed by atoms with van der Waals surface area (Å²) in [7, 11) is 1.49. The van der Waals surface area contributed by atoms with E-state index in [-0.39, 0.29) is 6.42 Å². The Balaban J connectivity index is 3.00. The molecule has 0 unspecified atom stereocenters. The van der Waals surface area contributed by atoms with Gasteiger partial charge in [-0.15, -0.1) is 0 Å². The highest BCUT2D eigenvalue weighted by Gasteiger charge is 2.11. The molecule has 3 nitrogen and oxygen atoms in total. The maximum Gasteiger partial charge on any atom is 0.128 e. The van der Waals surface area contributed by atoms with E-state index in [0.29, 0.717) is 11.3 Å². The van der Waals surface area contributed by atoms with E-state index in [9.17, 15) is 4.39 Å². The fourth-order valence-corrected chi connectivity index (χ4v) is 1.14. The van der Waals surface area contributed by atoms with E-state index in [4.69, 9.17) is 15.7 Å². The molecule has 4 heteroatoms. The maximum atomic E-state index is 13.2. The van der Waals surface area contributed by atoms with Crippen molar-refractivity contribution in [2.24, 2.45) is 5.73 Å². The fraction of sp³-hybridized carbons (Fsp3) is 0.300. The molecule has 0 heterocycles. The summed E-state index contributed by atoms with van der Waals surface area (Å²) in [5.74, 6) is 0.128. The van der Waals surface area contributed by atoms with E-state index < -0.39 is 11.9 Å². The lowest BCUT2D eigenvalue weighted by atomic mass is 10.0. The smallest absolute Gasteiger partial charge is 0.128 e. The van der Waals surface area contributed by atoms with E-state index in [1.165, 1.54) is 25.3 Å². The van der Waals surface area contributed by atoms with Gasteiger partial charge in [0.2, 0.25) is 0 Å². The van der Waals surface area contributed by atoms with Crippen molar-refractivity contribution in [3.05, 3.63) is 29.6 Å². The zero-order chi connectivity index (χ0) is 10.6. The van der Waals surface area contributed by atoms with Crippen molar-refractivity contribution in [3.8, 4) is 11.8 Å². The Kier molecular flexibility index (Phi) is 3.43. The summed E-state index contributed by atoms with van der Waals surface area (Å²) in [5, 5.41) is 8.43. The molecule has 0 saturated heterocycles. The standard InChI is InChI=1S/C10H11FN2O/c1-14-7-2-3-9(11)8(6-7)10(13)4-5-12/h2-3,6,10H,4,13H2,1H3/t10-/m0/s1.